The minimum Gasteiger partial charge on any atom is -0.495 e. The maximum atomic E-state index is 13.4. The number of hydrogen-bond donors (Lipinski definition) is 2. The van der Waals surface area contributed by atoms with Crippen LogP contribution in [0.5, 0.6) is 11.5 Å². The monoisotopic (exact) mass is 469 g/mol. The molecule has 0 bridgehead atoms. The third-order valence-corrected chi connectivity index (χ3v) is 5.82. The molecule has 3 aromatic carbocycles. The Morgan fingerprint density at radius 2 is 1.74 bits per heavy atom. The second kappa shape index (κ2) is 11.4. The second-order valence-corrected chi connectivity index (χ2v) is 8.36. The van der Waals surface area contributed by atoms with E-state index in [1.165, 1.54) is 0 Å². The lowest BCUT2D eigenvalue weighted by atomic mass is 10.1. The average molecular weight is 470 g/mol. The van der Waals surface area contributed by atoms with Crippen LogP contribution in [0.3, 0.4) is 0 Å². The number of fused-ring (bicyclic) bond motifs is 1. The number of pyridine rings is 1. The molecule has 0 aliphatic carbocycles. The number of hydrogen-bond acceptors (Lipinski definition) is 5. The predicted octanol–water partition coefficient (Wildman–Crippen LogP) is 6.66. The summed E-state index contributed by atoms with van der Waals surface area (Å²) in [6.45, 7) is 4.82. The van der Waals surface area contributed by atoms with E-state index >= 15 is 0 Å². The highest BCUT2D eigenvalue weighted by Gasteiger charge is 2.17. The van der Waals surface area contributed by atoms with E-state index in [1.807, 2.05) is 79.7 Å². The summed E-state index contributed by atoms with van der Waals surface area (Å²) in [6.07, 6.45) is 2.13. The highest BCUT2D eigenvalue weighted by molar-refractivity contribution is 6.07. The molecule has 0 radical (unpaired) electrons. The van der Waals surface area contributed by atoms with Gasteiger partial charge in [-0.25, -0.2) is 4.98 Å². The van der Waals surface area contributed by atoms with Crippen LogP contribution in [0.1, 0.15) is 48.7 Å². The molecule has 4 rings (SSSR count). The van der Waals surface area contributed by atoms with Gasteiger partial charge in [-0.15, -0.1) is 0 Å². The Kier molecular flexibility index (Phi) is 7.83. The Morgan fingerprint density at radius 1 is 1.00 bits per heavy atom. The zero-order valence-corrected chi connectivity index (χ0v) is 20.4. The summed E-state index contributed by atoms with van der Waals surface area (Å²) in [4.78, 5) is 18.1. The molecule has 1 aromatic heterocycles. The SMILES string of the molecule is CCCCOc1ccc([C@@H](C)NC(=O)c2cc(Nc3ccccc3OC)nc3ccccc23)cc1. The summed E-state index contributed by atoms with van der Waals surface area (Å²) in [5, 5.41) is 7.22. The molecule has 6 nitrogen and oxygen atoms in total. The highest BCUT2D eigenvalue weighted by atomic mass is 16.5. The van der Waals surface area contributed by atoms with Gasteiger partial charge in [-0.2, -0.15) is 0 Å². The molecule has 0 saturated carbocycles. The van der Waals surface area contributed by atoms with E-state index in [4.69, 9.17) is 14.5 Å². The second-order valence-electron chi connectivity index (χ2n) is 8.36. The maximum Gasteiger partial charge on any atom is 0.252 e. The largest absolute Gasteiger partial charge is 0.495 e. The van der Waals surface area contributed by atoms with Crippen molar-refractivity contribution in [2.75, 3.05) is 19.0 Å². The number of carbonyl (C=O) groups is 1. The molecule has 0 aliphatic heterocycles. The fraction of sp³-hybridized carbons (Fsp3) is 0.241. The first kappa shape index (κ1) is 24.1. The van der Waals surface area contributed by atoms with Crippen LogP contribution in [-0.4, -0.2) is 24.6 Å². The third kappa shape index (κ3) is 5.90. The number of nitrogens with zero attached hydrogens (tertiary/aromatic N) is 1. The summed E-state index contributed by atoms with van der Waals surface area (Å²) in [5.41, 5.74) is 3.07. The number of nitrogens with one attached hydrogen (secondary N) is 2. The first-order valence-corrected chi connectivity index (χ1v) is 11.9. The molecule has 0 saturated heterocycles. The van der Waals surface area contributed by atoms with Crippen LogP contribution in [0.2, 0.25) is 0 Å². The third-order valence-electron chi connectivity index (χ3n) is 5.82. The molecule has 4 aromatic rings. The Hall–Kier alpha value is -4.06. The molecular weight excluding hydrogens is 438 g/mol. The van der Waals surface area contributed by atoms with E-state index in [-0.39, 0.29) is 11.9 Å². The number of benzene rings is 3. The average Bonchev–Trinajstić information content (AvgIpc) is 2.89. The predicted molar refractivity (Wildman–Crippen MR) is 141 cm³/mol. The van der Waals surface area contributed by atoms with Gasteiger partial charge in [0.1, 0.15) is 17.3 Å². The Bertz CT molecular complexity index is 1290. The molecular formula is C29H31N3O3. The van der Waals surface area contributed by atoms with Gasteiger partial charge in [-0.05, 0) is 55.3 Å². The van der Waals surface area contributed by atoms with Crippen LogP contribution in [0.25, 0.3) is 10.9 Å². The van der Waals surface area contributed by atoms with Crippen molar-refractivity contribution < 1.29 is 14.3 Å². The van der Waals surface area contributed by atoms with E-state index in [0.717, 1.165) is 40.7 Å². The lowest BCUT2D eigenvalue weighted by Gasteiger charge is -2.17. The number of aromatic nitrogens is 1. The van der Waals surface area contributed by atoms with Crippen LogP contribution in [0.4, 0.5) is 11.5 Å². The van der Waals surface area contributed by atoms with Crippen molar-refractivity contribution in [2.45, 2.75) is 32.7 Å². The Labute approximate surface area is 206 Å². The van der Waals surface area contributed by atoms with E-state index in [0.29, 0.717) is 23.7 Å². The molecule has 1 atom stereocenters. The van der Waals surface area contributed by atoms with E-state index in [2.05, 4.69) is 17.6 Å². The van der Waals surface area contributed by atoms with Gasteiger partial charge in [0.2, 0.25) is 0 Å². The topological polar surface area (TPSA) is 72.5 Å². The molecule has 2 N–H and O–H groups in total. The first-order chi connectivity index (χ1) is 17.1. The van der Waals surface area contributed by atoms with Crippen LogP contribution in [-0.2, 0) is 0 Å². The molecule has 1 amide bonds. The Balaban J connectivity index is 1.55. The standard InChI is InChI=1S/C29H31N3O3/c1-4-5-18-35-22-16-14-21(15-17-22)20(2)30-29(33)24-19-28(31-25-11-7-6-10-23(24)25)32-26-12-8-9-13-27(26)34-3/h6-17,19-20H,4-5,18H2,1-3H3,(H,30,33)(H,31,32)/t20-/m1/s1. The fourth-order valence-corrected chi connectivity index (χ4v) is 3.86. The van der Waals surface area contributed by atoms with Crippen LogP contribution < -0.4 is 20.1 Å². The van der Waals surface area contributed by atoms with Crippen molar-refractivity contribution in [3.05, 3.63) is 90.0 Å². The van der Waals surface area contributed by atoms with Crippen molar-refractivity contribution in [1.82, 2.24) is 10.3 Å². The van der Waals surface area contributed by atoms with E-state index in [9.17, 15) is 4.79 Å². The van der Waals surface area contributed by atoms with Gasteiger partial charge in [0, 0.05) is 5.39 Å². The number of amides is 1. The molecule has 0 aliphatic rings. The molecule has 180 valence electrons. The van der Waals surface area contributed by atoms with Crippen LogP contribution >= 0.6 is 0 Å². The summed E-state index contributed by atoms with van der Waals surface area (Å²) in [6, 6.07) is 24.7. The number of methoxy groups -OCH3 is 1. The van der Waals surface area contributed by atoms with Gasteiger partial charge in [-0.3, -0.25) is 4.79 Å². The minimum atomic E-state index is -0.176. The molecule has 35 heavy (non-hydrogen) atoms. The lowest BCUT2D eigenvalue weighted by Crippen LogP contribution is -2.27. The maximum absolute atomic E-state index is 13.4. The number of anilines is 2. The van der Waals surface area contributed by atoms with Crippen molar-refractivity contribution in [3.63, 3.8) is 0 Å². The number of rotatable bonds is 10. The summed E-state index contributed by atoms with van der Waals surface area (Å²) < 4.78 is 11.2. The number of para-hydroxylation sites is 3. The van der Waals surface area contributed by atoms with Gasteiger partial charge in [0.25, 0.3) is 5.91 Å². The van der Waals surface area contributed by atoms with Gasteiger partial charge in [0.15, 0.2) is 0 Å². The molecule has 0 unspecified atom stereocenters. The van der Waals surface area contributed by atoms with E-state index < -0.39 is 0 Å². The van der Waals surface area contributed by atoms with Crippen molar-refractivity contribution in [2.24, 2.45) is 0 Å². The fourth-order valence-electron chi connectivity index (χ4n) is 3.86. The van der Waals surface area contributed by atoms with Crippen molar-refractivity contribution >= 4 is 28.3 Å². The van der Waals surface area contributed by atoms with Crippen molar-refractivity contribution in [1.29, 1.82) is 0 Å². The summed E-state index contributed by atoms with van der Waals surface area (Å²) >= 11 is 0. The summed E-state index contributed by atoms with van der Waals surface area (Å²) in [5.74, 6) is 1.94. The normalized spacial score (nSPS) is 11.6. The van der Waals surface area contributed by atoms with Crippen LogP contribution in [0, 0.1) is 0 Å². The van der Waals surface area contributed by atoms with Crippen molar-refractivity contribution in [3.8, 4) is 11.5 Å². The zero-order chi connectivity index (χ0) is 24.6. The highest BCUT2D eigenvalue weighted by Crippen LogP contribution is 2.29. The molecule has 6 heteroatoms. The zero-order valence-electron chi connectivity index (χ0n) is 20.4. The Morgan fingerprint density at radius 3 is 2.51 bits per heavy atom. The molecule has 1 heterocycles. The van der Waals surface area contributed by atoms with Gasteiger partial charge in [-0.1, -0.05) is 55.8 Å². The first-order valence-electron chi connectivity index (χ1n) is 11.9. The smallest absolute Gasteiger partial charge is 0.252 e. The van der Waals surface area contributed by atoms with Gasteiger partial charge in [0.05, 0.1) is 36.5 Å². The molecule has 0 spiro atoms. The van der Waals surface area contributed by atoms with Crippen LogP contribution in [0.15, 0.2) is 78.9 Å². The quantitative estimate of drug-likeness (QED) is 0.254. The lowest BCUT2D eigenvalue weighted by molar-refractivity contribution is 0.0941. The van der Waals surface area contributed by atoms with E-state index in [1.54, 1.807) is 13.2 Å². The number of carbonyl (C=O) groups excluding carboxylic acids is 1. The summed E-state index contributed by atoms with van der Waals surface area (Å²) in [7, 11) is 1.62. The number of unbranched alkanes of at least 4 members (excludes halogenated alkanes) is 1. The van der Waals surface area contributed by atoms with Gasteiger partial charge >= 0.3 is 0 Å². The number of ether oxygens (including phenoxy) is 2. The molecule has 0 fully saturated rings. The minimum absolute atomic E-state index is 0.164. The van der Waals surface area contributed by atoms with Gasteiger partial charge < -0.3 is 20.1 Å².